The number of aryl methyl sites for hydroxylation is 1. The molecule has 20 heavy (non-hydrogen) atoms. The minimum Gasteiger partial charge on any atom is -0.508 e. The summed E-state index contributed by atoms with van der Waals surface area (Å²) in [7, 11) is 0. The molecule has 0 aliphatic rings. The topological polar surface area (TPSA) is 59.1 Å². The molecule has 3 N–H and O–H groups in total. The molecule has 3 rings (SSSR count). The number of thiazole rings is 1. The highest BCUT2D eigenvalue weighted by Crippen LogP contribution is 2.32. The zero-order valence-electron chi connectivity index (χ0n) is 11.8. The molecule has 1 heterocycles. The maximum Gasteiger partial charge on any atom is 0.124 e. The summed E-state index contributed by atoms with van der Waals surface area (Å²) < 4.78 is 0.986. The second-order valence-corrected chi connectivity index (χ2v) is 5.27. The van der Waals surface area contributed by atoms with Crippen LogP contribution in [0.15, 0.2) is 36.4 Å². The van der Waals surface area contributed by atoms with Gasteiger partial charge in [0.15, 0.2) is 0 Å². The number of phenolic OH excluding ortho intramolecular Hbond substituents is 1. The standard InChI is InChI=1S/C14H12N2OS.C2H6/c1-8-6-9(2-4-11(8)15)14-16-12-5-3-10(17)7-13(12)18-14;1-2/h2-7,17H,15H2,1H3;1-2H3. The Kier molecular flexibility index (Phi) is 4.25. The number of aromatic hydroxyl groups is 1. The number of hydrogen-bond donors (Lipinski definition) is 2. The summed E-state index contributed by atoms with van der Waals surface area (Å²) in [5, 5.41) is 10.4. The second kappa shape index (κ2) is 5.92. The van der Waals surface area contributed by atoms with E-state index in [2.05, 4.69) is 4.98 Å². The van der Waals surface area contributed by atoms with Crippen LogP contribution in [0.3, 0.4) is 0 Å². The van der Waals surface area contributed by atoms with Gasteiger partial charge in [-0.05, 0) is 48.9 Å². The molecule has 3 aromatic rings. The van der Waals surface area contributed by atoms with Crippen LogP contribution in [0, 0.1) is 6.92 Å². The fourth-order valence-electron chi connectivity index (χ4n) is 1.85. The number of aromatic nitrogens is 1. The van der Waals surface area contributed by atoms with E-state index in [1.807, 2.05) is 45.0 Å². The number of phenols is 1. The number of nitrogens with two attached hydrogens (primary N) is 1. The fraction of sp³-hybridized carbons (Fsp3) is 0.188. The van der Waals surface area contributed by atoms with Crippen LogP contribution in [0.25, 0.3) is 20.8 Å². The molecule has 0 radical (unpaired) electrons. The van der Waals surface area contributed by atoms with Crippen molar-refractivity contribution >= 4 is 27.2 Å². The lowest BCUT2D eigenvalue weighted by molar-refractivity contribution is 0.476. The van der Waals surface area contributed by atoms with E-state index in [9.17, 15) is 5.11 Å². The summed E-state index contributed by atoms with van der Waals surface area (Å²) >= 11 is 1.57. The van der Waals surface area contributed by atoms with Crippen LogP contribution in [0.1, 0.15) is 19.4 Å². The predicted molar refractivity (Wildman–Crippen MR) is 87.2 cm³/mol. The summed E-state index contributed by atoms with van der Waals surface area (Å²) in [6.45, 7) is 5.98. The van der Waals surface area contributed by atoms with Crippen molar-refractivity contribution < 1.29 is 5.11 Å². The molecular weight excluding hydrogens is 268 g/mol. The van der Waals surface area contributed by atoms with Crippen LogP contribution in [0.4, 0.5) is 5.69 Å². The monoisotopic (exact) mass is 286 g/mol. The number of hydrogen-bond acceptors (Lipinski definition) is 4. The molecule has 0 saturated heterocycles. The van der Waals surface area contributed by atoms with Crippen molar-refractivity contribution in [1.29, 1.82) is 0 Å². The third-order valence-corrected chi connectivity index (χ3v) is 3.96. The largest absolute Gasteiger partial charge is 0.508 e. The van der Waals surface area contributed by atoms with Gasteiger partial charge in [-0.1, -0.05) is 13.8 Å². The fourth-order valence-corrected chi connectivity index (χ4v) is 2.84. The van der Waals surface area contributed by atoms with Crippen molar-refractivity contribution in [2.75, 3.05) is 5.73 Å². The Morgan fingerprint density at radius 2 is 1.85 bits per heavy atom. The molecule has 4 heteroatoms. The van der Waals surface area contributed by atoms with Crippen molar-refractivity contribution in [2.24, 2.45) is 0 Å². The molecule has 0 saturated carbocycles. The van der Waals surface area contributed by atoms with Crippen molar-refractivity contribution in [3.05, 3.63) is 42.0 Å². The maximum absolute atomic E-state index is 9.45. The Labute approximate surface area is 122 Å². The van der Waals surface area contributed by atoms with Crippen molar-refractivity contribution in [3.8, 4) is 16.3 Å². The highest BCUT2D eigenvalue weighted by atomic mass is 32.1. The third-order valence-electron chi connectivity index (χ3n) is 2.89. The summed E-state index contributed by atoms with van der Waals surface area (Å²) in [6, 6.07) is 11.1. The number of nitrogen functional groups attached to an aromatic ring is 1. The van der Waals surface area contributed by atoms with Gasteiger partial charge in [0, 0.05) is 11.3 Å². The molecule has 0 spiro atoms. The number of rotatable bonds is 1. The van der Waals surface area contributed by atoms with E-state index in [4.69, 9.17) is 5.73 Å². The van der Waals surface area contributed by atoms with Gasteiger partial charge in [-0.2, -0.15) is 0 Å². The Hall–Kier alpha value is -2.07. The first-order valence-electron chi connectivity index (χ1n) is 6.59. The summed E-state index contributed by atoms with van der Waals surface area (Å²) in [6.07, 6.45) is 0. The summed E-state index contributed by atoms with van der Waals surface area (Å²) in [5.41, 5.74) is 9.61. The number of fused-ring (bicyclic) bond motifs is 1. The van der Waals surface area contributed by atoms with Gasteiger partial charge in [0.2, 0.25) is 0 Å². The van der Waals surface area contributed by atoms with Crippen LogP contribution < -0.4 is 5.73 Å². The molecule has 0 aliphatic carbocycles. The zero-order valence-corrected chi connectivity index (χ0v) is 12.7. The highest BCUT2D eigenvalue weighted by molar-refractivity contribution is 7.21. The van der Waals surface area contributed by atoms with Gasteiger partial charge >= 0.3 is 0 Å². The van der Waals surface area contributed by atoms with E-state index >= 15 is 0 Å². The quantitative estimate of drug-likeness (QED) is 0.643. The Bertz CT molecular complexity index is 734. The molecular formula is C16H18N2OS. The Balaban J connectivity index is 0.000000704. The average molecular weight is 286 g/mol. The average Bonchev–Trinajstić information content (AvgIpc) is 2.87. The van der Waals surface area contributed by atoms with Gasteiger partial charge in [0.05, 0.1) is 10.2 Å². The molecule has 0 bridgehead atoms. The molecule has 0 aliphatic heterocycles. The van der Waals surface area contributed by atoms with Crippen LogP contribution in [0.2, 0.25) is 0 Å². The molecule has 0 fully saturated rings. The van der Waals surface area contributed by atoms with E-state index in [-0.39, 0.29) is 5.75 Å². The van der Waals surface area contributed by atoms with Gasteiger partial charge in [-0.15, -0.1) is 11.3 Å². The smallest absolute Gasteiger partial charge is 0.124 e. The number of anilines is 1. The van der Waals surface area contributed by atoms with E-state index in [0.29, 0.717) is 0 Å². The van der Waals surface area contributed by atoms with Gasteiger partial charge in [0.25, 0.3) is 0 Å². The molecule has 2 aromatic carbocycles. The van der Waals surface area contributed by atoms with Gasteiger partial charge in [-0.25, -0.2) is 4.98 Å². The van der Waals surface area contributed by atoms with Gasteiger partial charge in [0.1, 0.15) is 10.8 Å². The Morgan fingerprint density at radius 3 is 2.55 bits per heavy atom. The molecule has 0 atom stereocenters. The Morgan fingerprint density at radius 1 is 1.10 bits per heavy atom. The summed E-state index contributed by atoms with van der Waals surface area (Å²) in [4.78, 5) is 4.56. The first-order chi connectivity index (χ1) is 9.63. The van der Waals surface area contributed by atoms with Crippen LogP contribution in [-0.4, -0.2) is 10.1 Å². The predicted octanol–water partition coefficient (Wildman–Crippen LogP) is 4.59. The first kappa shape index (κ1) is 14.3. The third kappa shape index (κ3) is 2.75. The minimum absolute atomic E-state index is 0.270. The molecule has 104 valence electrons. The second-order valence-electron chi connectivity index (χ2n) is 4.24. The maximum atomic E-state index is 9.45. The lowest BCUT2D eigenvalue weighted by Gasteiger charge is -2.01. The molecule has 0 unspecified atom stereocenters. The van der Waals surface area contributed by atoms with Crippen molar-refractivity contribution in [1.82, 2.24) is 4.98 Å². The number of nitrogens with zero attached hydrogens (tertiary/aromatic N) is 1. The highest BCUT2D eigenvalue weighted by Gasteiger charge is 2.07. The lowest BCUT2D eigenvalue weighted by Crippen LogP contribution is -1.89. The van der Waals surface area contributed by atoms with Gasteiger partial charge < -0.3 is 10.8 Å². The van der Waals surface area contributed by atoms with Crippen LogP contribution in [0.5, 0.6) is 5.75 Å². The normalized spacial score (nSPS) is 10.2. The molecule has 3 nitrogen and oxygen atoms in total. The molecule has 1 aromatic heterocycles. The molecule has 0 amide bonds. The van der Waals surface area contributed by atoms with E-state index in [1.54, 1.807) is 23.5 Å². The minimum atomic E-state index is 0.270. The van der Waals surface area contributed by atoms with Crippen LogP contribution in [-0.2, 0) is 0 Å². The SMILES string of the molecule is CC.Cc1cc(-c2nc3ccc(O)cc3s2)ccc1N. The van der Waals surface area contributed by atoms with E-state index in [0.717, 1.165) is 32.0 Å². The first-order valence-corrected chi connectivity index (χ1v) is 7.41. The van der Waals surface area contributed by atoms with Crippen molar-refractivity contribution in [3.63, 3.8) is 0 Å². The lowest BCUT2D eigenvalue weighted by atomic mass is 10.1. The van der Waals surface area contributed by atoms with E-state index in [1.165, 1.54) is 0 Å². The van der Waals surface area contributed by atoms with Crippen LogP contribution >= 0.6 is 11.3 Å². The zero-order chi connectivity index (χ0) is 14.7. The summed E-state index contributed by atoms with van der Waals surface area (Å²) in [5.74, 6) is 0.270. The van der Waals surface area contributed by atoms with Gasteiger partial charge in [-0.3, -0.25) is 0 Å². The number of benzene rings is 2. The van der Waals surface area contributed by atoms with E-state index < -0.39 is 0 Å². The van der Waals surface area contributed by atoms with Crippen molar-refractivity contribution in [2.45, 2.75) is 20.8 Å².